The topological polar surface area (TPSA) is 54.5 Å². The largest absolute Gasteiger partial charge is 0.338 e. The van der Waals surface area contributed by atoms with Crippen LogP contribution in [0.25, 0.3) is 11.2 Å². The molecular formula is C8H9ClN4. The molecule has 68 valence electrons. The summed E-state index contributed by atoms with van der Waals surface area (Å²) < 4.78 is 0. The van der Waals surface area contributed by atoms with E-state index in [9.17, 15) is 0 Å². The van der Waals surface area contributed by atoms with E-state index in [1.54, 1.807) is 0 Å². The van der Waals surface area contributed by atoms with Gasteiger partial charge in [0.2, 0.25) is 0 Å². The standard InChI is InChI=1S/C8H9ClN4/c1-4(2)7-12-5-6(9)10-3-11-8(5)13-7/h3-4H,1-2H3,(H,10,11,12,13). The Morgan fingerprint density at radius 3 is 2.77 bits per heavy atom. The van der Waals surface area contributed by atoms with Crippen LogP contribution in [0.3, 0.4) is 0 Å². The molecule has 0 spiro atoms. The van der Waals surface area contributed by atoms with E-state index in [2.05, 4.69) is 33.8 Å². The molecule has 0 amide bonds. The molecule has 0 aliphatic rings. The normalized spacial score (nSPS) is 11.4. The first-order valence-electron chi connectivity index (χ1n) is 4.04. The summed E-state index contributed by atoms with van der Waals surface area (Å²) in [6.45, 7) is 4.11. The minimum Gasteiger partial charge on any atom is -0.338 e. The number of fused-ring (bicyclic) bond motifs is 1. The molecule has 2 aromatic rings. The van der Waals surface area contributed by atoms with E-state index in [-0.39, 0.29) is 0 Å². The highest BCUT2D eigenvalue weighted by Crippen LogP contribution is 2.19. The van der Waals surface area contributed by atoms with E-state index >= 15 is 0 Å². The van der Waals surface area contributed by atoms with Crippen molar-refractivity contribution in [2.24, 2.45) is 0 Å². The third kappa shape index (κ3) is 1.37. The Morgan fingerprint density at radius 2 is 2.15 bits per heavy atom. The average molecular weight is 197 g/mol. The lowest BCUT2D eigenvalue weighted by molar-refractivity contribution is 0.798. The van der Waals surface area contributed by atoms with Gasteiger partial charge in [0, 0.05) is 5.92 Å². The average Bonchev–Trinajstić information content (AvgIpc) is 2.49. The summed E-state index contributed by atoms with van der Waals surface area (Å²) in [5.74, 6) is 1.22. The lowest BCUT2D eigenvalue weighted by Crippen LogP contribution is -1.88. The van der Waals surface area contributed by atoms with Crippen LogP contribution < -0.4 is 0 Å². The fourth-order valence-corrected chi connectivity index (χ4v) is 1.27. The first kappa shape index (κ1) is 8.44. The lowest BCUT2D eigenvalue weighted by Gasteiger charge is -1.95. The number of hydrogen-bond acceptors (Lipinski definition) is 3. The van der Waals surface area contributed by atoms with Crippen molar-refractivity contribution < 1.29 is 0 Å². The molecule has 0 fully saturated rings. The molecule has 0 atom stereocenters. The number of aromatic amines is 1. The maximum atomic E-state index is 5.85. The van der Waals surface area contributed by atoms with Gasteiger partial charge in [-0.1, -0.05) is 25.4 Å². The maximum absolute atomic E-state index is 5.85. The molecule has 2 aromatic heterocycles. The fraction of sp³-hybridized carbons (Fsp3) is 0.375. The van der Waals surface area contributed by atoms with E-state index in [1.165, 1.54) is 6.33 Å². The minimum atomic E-state index is 0.338. The van der Waals surface area contributed by atoms with Crippen molar-refractivity contribution in [1.29, 1.82) is 0 Å². The highest BCUT2D eigenvalue weighted by Gasteiger charge is 2.09. The molecule has 0 aromatic carbocycles. The summed E-state index contributed by atoms with van der Waals surface area (Å²) in [5, 5.41) is 0.421. The van der Waals surface area contributed by atoms with Crippen LogP contribution in [0.5, 0.6) is 0 Å². The van der Waals surface area contributed by atoms with Crippen LogP contribution in [0.1, 0.15) is 25.6 Å². The van der Waals surface area contributed by atoms with Crippen LogP contribution in [0.15, 0.2) is 6.33 Å². The zero-order valence-corrected chi connectivity index (χ0v) is 8.13. The first-order valence-corrected chi connectivity index (χ1v) is 4.42. The second kappa shape index (κ2) is 2.96. The fourth-order valence-electron chi connectivity index (χ4n) is 1.09. The van der Waals surface area contributed by atoms with Gasteiger partial charge in [-0.15, -0.1) is 0 Å². The number of imidazole rings is 1. The zero-order valence-electron chi connectivity index (χ0n) is 7.37. The first-order chi connectivity index (χ1) is 6.18. The van der Waals surface area contributed by atoms with E-state index < -0.39 is 0 Å². The summed E-state index contributed by atoms with van der Waals surface area (Å²) in [5.41, 5.74) is 1.34. The van der Waals surface area contributed by atoms with Crippen LogP contribution in [0, 0.1) is 0 Å². The molecule has 5 heteroatoms. The van der Waals surface area contributed by atoms with Gasteiger partial charge in [-0.3, -0.25) is 0 Å². The van der Waals surface area contributed by atoms with Gasteiger partial charge in [0.15, 0.2) is 10.8 Å². The van der Waals surface area contributed by atoms with Gasteiger partial charge in [0.1, 0.15) is 17.7 Å². The number of halogens is 1. The monoisotopic (exact) mass is 196 g/mol. The predicted octanol–water partition coefficient (Wildman–Crippen LogP) is 2.13. The molecule has 0 radical (unpaired) electrons. The Labute approximate surface area is 80.4 Å². The van der Waals surface area contributed by atoms with Crippen LogP contribution >= 0.6 is 11.6 Å². The van der Waals surface area contributed by atoms with Crippen molar-refractivity contribution in [3.8, 4) is 0 Å². The van der Waals surface area contributed by atoms with Crippen LogP contribution in [-0.2, 0) is 0 Å². The van der Waals surface area contributed by atoms with Gasteiger partial charge in [0.05, 0.1) is 0 Å². The summed E-state index contributed by atoms with van der Waals surface area (Å²) >= 11 is 5.85. The molecule has 0 aliphatic carbocycles. The highest BCUT2D eigenvalue weighted by atomic mass is 35.5. The summed E-state index contributed by atoms with van der Waals surface area (Å²) in [6, 6.07) is 0. The number of nitrogens with zero attached hydrogens (tertiary/aromatic N) is 3. The summed E-state index contributed by atoms with van der Waals surface area (Å²) in [7, 11) is 0. The van der Waals surface area contributed by atoms with Crippen molar-refractivity contribution in [1.82, 2.24) is 19.9 Å². The second-order valence-corrected chi connectivity index (χ2v) is 3.50. The Balaban J connectivity index is 2.68. The number of nitrogens with one attached hydrogen (secondary N) is 1. The van der Waals surface area contributed by atoms with Gasteiger partial charge in [-0.05, 0) is 0 Å². The lowest BCUT2D eigenvalue weighted by atomic mass is 10.2. The molecule has 1 N–H and O–H groups in total. The van der Waals surface area contributed by atoms with Gasteiger partial charge < -0.3 is 4.98 Å². The van der Waals surface area contributed by atoms with Gasteiger partial charge in [0.25, 0.3) is 0 Å². The Hall–Kier alpha value is -1.16. The predicted molar refractivity (Wildman–Crippen MR) is 50.8 cm³/mol. The number of H-pyrrole nitrogens is 1. The zero-order chi connectivity index (χ0) is 9.42. The molecular weight excluding hydrogens is 188 g/mol. The van der Waals surface area contributed by atoms with Crippen molar-refractivity contribution in [3.63, 3.8) is 0 Å². The van der Waals surface area contributed by atoms with Crippen LogP contribution in [0.2, 0.25) is 5.15 Å². The van der Waals surface area contributed by atoms with Crippen molar-refractivity contribution in [3.05, 3.63) is 17.3 Å². The Morgan fingerprint density at radius 1 is 1.38 bits per heavy atom. The van der Waals surface area contributed by atoms with Crippen molar-refractivity contribution in [2.75, 3.05) is 0 Å². The van der Waals surface area contributed by atoms with E-state index in [1.807, 2.05) is 0 Å². The summed E-state index contributed by atoms with van der Waals surface area (Å²) in [4.78, 5) is 15.2. The Bertz CT molecular complexity index is 435. The molecule has 2 heterocycles. The molecule has 0 aliphatic heterocycles. The molecule has 4 nitrogen and oxygen atoms in total. The van der Waals surface area contributed by atoms with Gasteiger partial charge in [-0.25, -0.2) is 15.0 Å². The number of rotatable bonds is 1. The van der Waals surface area contributed by atoms with Gasteiger partial charge in [-0.2, -0.15) is 0 Å². The van der Waals surface area contributed by atoms with Crippen LogP contribution in [-0.4, -0.2) is 19.9 Å². The Kier molecular flexibility index (Phi) is 1.92. The van der Waals surface area contributed by atoms with E-state index in [4.69, 9.17) is 11.6 Å². The van der Waals surface area contributed by atoms with Crippen molar-refractivity contribution >= 4 is 22.8 Å². The highest BCUT2D eigenvalue weighted by molar-refractivity contribution is 6.33. The van der Waals surface area contributed by atoms with Crippen LogP contribution in [0.4, 0.5) is 0 Å². The minimum absolute atomic E-state index is 0.338. The van der Waals surface area contributed by atoms with E-state index in [0.717, 1.165) is 5.82 Å². The number of aromatic nitrogens is 4. The molecule has 2 rings (SSSR count). The second-order valence-electron chi connectivity index (χ2n) is 3.14. The molecule has 13 heavy (non-hydrogen) atoms. The summed E-state index contributed by atoms with van der Waals surface area (Å²) in [6.07, 6.45) is 1.41. The molecule has 0 unspecified atom stereocenters. The van der Waals surface area contributed by atoms with E-state index in [0.29, 0.717) is 22.2 Å². The quantitative estimate of drug-likeness (QED) is 0.711. The third-order valence-corrected chi connectivity index (χ3v) is 2.09. The smallest absolute Gasteiger partial charge is 0.182 e. The van der Waals surface area contributed by atoms with Crippen molar-refractivity contribution in [2.45, 2.75) is 19.8 Å². The molecule has 0 bridgehead atoms. The number of hydrogen-bond donors (Lipinski definition) is 1. The third-order valence-electron chi connectivity index (χ3n) is 1.81. The maximum Gasteiger partial charge on any atom is 0.182 e. The molecule has 0 saturated heterocycles. The van der Waals surface area contributed by atoms with Gasteiger partial charge >= 0.3 is 0 Å². The molecule has 0 saturated carbocycles. The SMILES string of the molecule is CC(C)c1nc2ncnc(Cl)c2[nH]1.